The van der Waals surface area contributed by atoms with Crippen molar-refractivity contribution in [2.24, 2.45) is 0 Å². The van der Waals surface area contributed by atoms with Crippen LogP contribution in [0.4, 0.5) is 0 Å². The molecule has 0 spiro atoms. The molecule has 1 saturated heterocycles. The summed E-state index contributed by atoms with van der Waals surface area (Å²) in [6.45, 7) is 1.60. The van der Waals surface area contributed by atoms with Crippen LogP contribution in [0.1, 0.15) is 43.0 Å². The molecule has 1 aromatic carbocycles. The van der Waals surface area contributed by atoms with Gasteiger partial charge in [0.25, 0.3) is 0 Å². The van der Waals surface area contributed by atoms with Gasteiger partial charge in [0, 0.05) is 24.1 Å². The summed E-state index contributed by atoms with van der Waals surface area (Å²) in [6.07, 6.45) is 2.72. The number of hydrogen-bond acceptors (Lipinski definition) is 2. The molecular formula is C17H27N2O2+. The van der Waals surface area contributed by atoms with Crippen LogP contribution in [0.3, 0.4) is 0 Å². The van der Waals surface area contributed by atoms with Crippen molar-refractivity contribution >= 4 is 5.91 Å². The summed E-state index contributed by atoms with van der Waals surface area (Å²) >= 11 is 0. The van der Waals surface area contributed by atoms with E-state index in [1.165, 1.54) is 5.56 Å². The van der Waals surface area contributed by atoms with E-state index in [0.29, 0.717) is 13.0 Å². The summed E-state index contributed by atoms with van der Waals surface area (Å²) in [6, 6.07) is 7.97. The number of aliphatic hydroxyl groups is 1. The molecule has 1 heterocycles. The van der Waals surface area contributed by atoms with Crippen LogP contribution in [0.15, 0.2) is 24.3 Å². The van der Waals surface area contributed by atoms with Gasteiger partial charge in [-0.05, 0) is 12.8 Å². The van der Waals surface area contributed by atoms with Gasteiger partial charge in [-0.3, -0.25) is 4.79 Å². The maximum atomic E-state index is 12.0. The van der Waals surface area contributed by atoms with Crippen molar-refractivity contribution in [1.29, 1.82) is 0 Å². The maximum Gasteiger partial charge on any atom is 0.224 e. The zero-order chi connectivity index (χ0) is 15.5. The molecule has 21 heavy (non-hydrogen) atoms. The van der Waals surface area contributed by atoms with Gasteiger partial charge in [0.1, 0.15) is 6.54 Å². The van der Waals surface area contributed by atoms with Crippen LogP contribution in [0, 0.1) is 0 Å². The lowest BCUT2D eigenvalue weighted by atomic mass is 10.1. The van der Waals surface area contributed by atoms with E-state index in [0.717, 1.165) is 35.9 Å². The molecule has 1 N–H and O–H groups in total. The number of rotatable bonds is 4. The van der Waals surface area contributed by atoms with E-state index in [-0.39, 0.29) is 5.91 Å². The zero-order valence-corrected chi connectivity index (χ0v) is 13.4. The third-order valence-electron chi connectivity index (χ3n) is 3.84. The van der Waals surface area contributed by atoms with Gasteiger partial charge in [0.2, 0.25) is 5.91 Å². The molecule has 0 bridgehead atoms. The van der Waals surface area contributed by atoms with Gasteiger partial charge in [-0.2, -0.15) is 0 Å². The highest BCUT2D eigenvalue weighted by Crippen LogP contribution is 2.23. The Bertz CT molecular complexity index is 477. The average Bonchev–Trinajstić information content (AvgIpc) is 2.62. The lowest BCUT2D eigenvalue weighted by Crippen LogP contribution is -2.34. The second-order valence-electron chi connectivity index (χ2n) is 6.96. The number of hydrogen-bond donors (Lipinski definition) is 1. The van der Waals surface area contributed by atoms with Crippen LogP contribution < -0.4 is 0 Å². The summed E-state index contributed by atoms with van der Waals surface area (Å²) in [5, 5.41) is 10.5. The fourth-order valence-corrected chi connectivity index (χ4v) is 2.78. The van der Waals surface area contributed by atoms with Crippen LogP contribution in [-0.4, -0.2) is 48.1 Å². The lowest BCUT2D eigenvalue weighted by molar-refractivity contribution is -0.884. The quantitative estimate of drug-likeness (QED) is 0.865. The summed E-state index contributed by atoms with van der Waals surface area (Å²) in [4.78, 5) is 13.7. The minimum atomic E-state index is -0.811. The number of carbonyl (C=O) groups is 1. The smallest absolute Gasteiger partial charge is 0.224 e. The highest BCUT2D eigenvalue weighted by atomic mass is 16.3. The number of quaternary nitrogens is 1. The van der Waals surface area contributed by atoms with Crippen molar-refractivity contribution in [2.75, 3.05) is 27.7 Å². The lowest BCUT2D eigenvalue weighted by Gasteiger charge is -2.27. The molecule has 1 amide bonds. The molecule has 1 atom stereocenters. The normalized spacial score (nSPS) is 18.5. The predicted molar refractivity (Wildman–Crippen MR) is 83.3 cm³/mol. The Labute approximate surface area is 127 Å². The van der Waals surface area contributed by atoms with Crippen molar-refractivity contribution in [1.82, 2.24) is 4.90 Å². The molecule has 2 rings (SSSR count). The van der Waals surface area contributed by atoms with Gasteiger partial charge in [-0.25, -0.2) is 0 Å². The van der Waals surface area contributed by atoms with Gasteiger partial charge >= 0.3 is 0 Å². The summed E-state index contributed by atoms with van der Waals surface area (Å²) < 4.78 is 0.868. The minimum absolute atomic E-state index is 0.0652. The Morgan fingerprint density at radius 1 is 1.14 bits per heavy atom. The monoisotopic (exact) mass is 291 g/mol. The van der Waals surface area contributed by atoms with Crippen molar-refractivity contribution < 1.29 is 14.4 Å². The van der Waals surface area contributed by atoms with Crippen LogP contribution in [0.25, 0.3) is 0 Å². The first-order valence-electron chi connectivity index (χ1n) is 7.74. The second-order valence-corrected chi connectivity index (χ2v) is 6.96. The Morgan fingerprint density at radius 3 is 2.43 bits per heavy atom. The van der Waals surface area contributed by atoms with E-state index >= 15 is 0 Å². The fourth-order valence-electron chi connectivity index (χ4n) is 2.78. The van der Waals surface area contributed by atoms with Crippen molar-refractivity contribution in [3.8, 4) is 0 Å². The van der Waals surface area contributed by atoms with E-state index in [1.54, 1.807) is 4.90 Å². The Hall–Kier alpha value is -1.39. The topological polar surface area (TPSA) is 40.5 Å². The fraction of sp³-hybridized carbons (Fsp3) is 0.588. The van der Waals surface area contributed by atoms with E-state index < -0.39 is 6.23 Å². The Morgan fingerprint density at radius 2 is 1.81 bits per heavy atom. The molecule has 1 unspecified atom stereocenters. The maximum absolute atomic E-state index is 12.0. The van der Waals surface area contributed by atoms with Gasteiger partial charge in [-0.15, -0.1) is 0 Å². The highest BCUT2D eigenvalue weighted by molar-refractivity contribution is 5.76. The number of benzene rings is 1. The molecule has 0 saturated carbocycles. The van der Waals surface area contributed by atoms with Crippen LogP contribution >= 0.6 is 0 Å². The van der Waals surface area contributed by atoms with Crippen LogP contribution in [0.2, 0.25) is 0 Å². The number of carbonyl (C=O) groups excluding carboxylic acids is 1. The largest absolute Gasteiger partial charge is 0.369 e. The van der Waals surface area contributed by atoms with E-state index in [2.05, 4.69) is 21.1 Å². The van der Waals surface area contributed by atoms with Crippen molar-refractivity contribution in [3.63, 3.8) is 0 Å². The zero-order valence-electron chi connectivity index (χ0n) is 13.4. The number of nitrogens with zero attached hydrogens (tertiary/aromatic N) is 2. The first kappa shape index (κ1) is 16.0. The average molecular weight is 291 g/mol. The van der Waals surface area contributed by atoms with E-state index in [1.807, 2.05) is 24.3 Å². The number of likely N-dealkylation sites (tertiary alicyclic amines) is 1. The van der Waals surface area contributed by atoms with E-state index in [4.69, 9.17) is 0 Å². The Kier molecular flexibility index (Phi) is 5.01. The van der Waals surface area contributed by atoms with Crippen LogP contribution in [-0.2, 0) is 11.3 Å². The molecule has 1 aliphatic rings. The van der Waals surface area contributed by atoms with Crippen LogP contribution in [0.5, 0.6) is 0 Å². The molecule has 1 aliphatic heterocycles. The number of amides is 1. The molecule has 116 valence electrons. The molecule has 4 heteroatoms. The summed E-state index contributed by atoms with van der Waals surface area (Å²) in [5.41, 5.74) is 2.04. The second kappa shape index (κ2) is 6.58. The molecular weight excluding hydrogens is 264 g/mol. The molecule has 0 aliphatic carbocycles. The third kappa shape index (κ3) is 4.55. The first-order chi connectivity index (χ1) is 9.87. The SMILES string of the molecule is C[N+](C)(C)Cc1ccc(C(O)N2CCCCCC2=O)cc1. The highest BCUT2D eigenvalue weighted by Gasteiger charge is 2.24. The molecule has 0 radical (unpaired) electrons. The minimum Gasteiger partial charge on any atom is -0.369 e. The van der Waals surface area contributed by atoms with Crippen molar-refractivity contribution in [2.45, 2.75) is 38.5 Å². The van der Waals surface area contributed by atoms with Gasteiger partial charge in [0.05, 0.1) is 21.1 Å². The summed E-state index contributed by atoms with van der Waals surface area (Å²) in [7, 11) is 6.45. The van der Waals surface area contributed by atoms with Crippen molar-refractivity contribution in [3.05, 3.63) is 35.4 Å². The Balaban J connectivity index is 2.08. The van der Waals surface area contributed by atoms with Gasteiger partial charge < -0.3 is 14.5 Å². The molecule has 4 nitrogen and oxygen atoms in total. The van der Waals surface area contributed by atoms with Gasteiger partial charge in [-0.1, -0.05) is 30.7 Å². The first-order valence-corrected chi connectivity index (χ1v) is 7.74. The molecule has 0 aromatic heterocycles. The predicted octanol–water partition coefficient (Wildman–Crippen LogP) is 2.29. The molecule has 1 fully saturated rings. The van der Waals surface area contributed by atoms with E-state index in [9.17, 15) is 9.90 Å². The summed E-state index contributed by atoms with van der Waals surface area (Å²) in [5.74, 6) is 0.0652. The molecule has 1 aromatic rings. The standard InChI is InChI=1S/C17H27N2O2/c1-19(2,3)13-14-8-10-15(11-9-14)17(21)18-12-6-4-5-7-16(18)20/h8-11,17,21H,4-7,12-13H2,1-3H3/q+1. The van der Waals surface area contributed by atoms with Gasteiger partial charge in [0.15, 0.2) is 6.23 Å². The number of aliphatic hydroxyl groups excluding tert-OH is 1. The third-order valence-corrected chi connectivity index (χ3v) is 3.84.